The van der Waals surface area contributed by atoms with Gasteiger partial charge < -0.3 is 9.30 Å². The van der Waals surface area contributed by atoms with Gasteiger partial charge in [0.1, 0.15) is 0 Å². The van der Waals surface area contributed by atoms with Crippen LogP contribution >= 0.6 is 0 Å². The Hall–Kier alpha value is -2.74. The Labute approximate surface area is 181 Å². The number of aromatic nitrogens is 2. The lowest BCUT2D eigenvalue weighted by molar-refractivity contribution is 0.0947. The summed E-state index contributed by atoms with van der Waals surface area (Å²) in [5, 5.41) is 2.93. The molecule has 0 fully saturated rings. The van der Waals surface area contributed by atoms with E-state index in [0.717, 1.165) is 43.2 Å². The van der Waals surface area contributed by atoms with Crippen LogP contribution in [0, 0.1) is 25.1 Å². The molecule has 0 aliphatic heterocycles. The summed E-state index contributed by atoms with van der Waals surface area (Å²) in [6, 6.07) is 5.18. The van der Waals surface area contributed by atoms with Crippen molar-refractivity contribution in [1.29, 1.82) is 0 Å². The molecule has 0 saturated carbocycles. The van der Waals surface area contributed by atoms with Crippen LogP contribution in [0.25, 0.3) is 0 Å². The van der Waals surface area contributed by atoms with E-state index in [1.807, 2.05) is 27.0 Å². The zero-order chi connectivity index (χ0) is 22.1. The van der Waals surface area contributed by atoms with Gasteiger partial charge in [0, 0.05) is 30.2 Å². The van der Waals surface area contributed by atoms with Crippen LogP contribution < -0.4 is 10.1 Å². The van der Waals surface area contributed by atoms with Gasteiger partial charge in [-0.1, -0.05) is 40.5 Å². The van der Waals surface area contributed by atoms with Gasteiger partial charge in [-0.15, -0.1) is 0 Å². The maximum Gasteiger partial charge on any atom is 0.258 e. The molecule has 2 aromatic rings. The summed E-state index contributed by atoms with van der Waals surface area (Å²) in [6.07, 6.45) is 13.7. The number of hydrogen-bond acceptors (Lipinski definition) is 3. The number of carbonyl (C=O) groups is 1. The van der Waals surface area contributed by atoms with Crippen LogP contribution in [-0.4, -0.2) is 15.5 Å². The number of pyridine rings is 1. The minimum Gasteiger partial charge on any atom is -0.430 e. The number of ether oxygens (including phenoxy) is 1. The van der Waals surface area contributed by atoms with Crippen molar-refractivity contribution in [3.63, 3.8) is 0 Å². The molecule has 2 aromatic heterocycles. The predicted molar refractivity (Wildman–Crippen MR) is 120 cm³/mol. The maximum atomic E-state index is 12.8. The highest BCUT2D eigenvalue weighted by molar-refractivity contribution is 5.96. The Morgan fingerprint density at radius 1 is 1.33 bits per heavy atom. The highest BCUT2D eigenvalue weighted by Crippen LogP contribution is 2.26. The van der Waals surface area contributed by atoms with E-state index in [2.05, 4.69) is 47.9 Å². The molecule has 5 nitrogen and oxygen atoms in total. The molecule has 30 heavy (non-hydrogen) atoms. The second-order valence-corrected chi connectivity index (χ2v) is 8.04. The summed E-state index contributed by atoms with van der Waals surface area (Å²) in [6.45, 7) is 12.6. The van der Waals surface area contributed by atoms with E-state index in [1.165, 1.54) is 0 Å². The highest BCUT2D eigenvalue weighted by Gasteiger charge is 2.17. The van der Waals surface area contributed by atoms with Crippen LogP contribution in [-0.2, 0) is 0 Å². The quantitative estimate of drug-likeness (QED) is 0.462. The van der Waals surface area contributed by atoms with Crippen molar-refractivity contribution >= 4 is 5.91 Å². The van der Waals surface area contributed by atoms with Gasteiger partial charge in [0.25, 0.3) is 5.91 Å². The van der Waals surface area contributed by atoms with E-state index in [-0.39, 0.29) is 5.91 Å². The Morgan fingerprint density at radius 3 is 2.73 bits per heavy atom. The number of nitrogens with one attached hydrogen (secondary N) is 1. The Balaban J connectivity index is 2.18. The lowest BCUT2D eigenvalue weighted by Gasteiger charge is -2.20. The highest BCUT2D eigenvalue weighted by atomic mass is 16.5. The first-order valence-corrected chi connectivity index (χ1v) is 11.0. The van der Waals surface area contributed by atoms with Crippen LogP contribution in [0.5, 0.6) is 5.75 Å². The number of carbonyl (C=O) groups excluding carboxylic acids is 1. The fourth-order valence-corrected chi connectivity index (χ4v) is 3.28. The van der Waals surface area contributed by atoms with Crippen molar-refractivity contribution in [3.8, 4) is 5.75 Å². The van der Waals surface area contributed by atoms with E-state index in [4.69, 9.17) is 4.74 Å². The number of aryl methyl sites for hydroxylation is 1. The van der Waals surface area contributed by atoms with E-state index in [9.17, 15) is 4.79 Å². The van der Waals surface area contributed by atoms with Gasteiger partial charge in [0.2, 0.25) is 0 Å². The number of amides is 1. The minimum atomic E-state index is -0.207. The third-order valence-electron chi connectivity index (χ3n) is 5.57. The Kier molecular flexibility index (Phi) is 8.98. The van der Waals surface area contributed by atoms with Crippen molar-refractivity contribution in [2.45, 2.75) is 79.7 Å². The van der Waals surface area contributed by atoms with Gasteiger partial charge in [-0.3, -0.25) is 15.1 Å². The lowest BCUT2D eigenvalue weighted by Crippen LogP contribution is -2.27. The van der Waals surface area contributed by atoms with Crippen LogP contribution in [0.4, 0.5) is 0 Å². The monoisotopic (exact) mass is 409 g/mol. The SMILES string of the molecule is CCCC(CC(C)CC)n1c#cc(O/C(NC(=O)c2ccncc2C)=C(/C)CC)c1. The first-order valence-electron chi connectivity index (χ1n) is 11.0. The molecule has 0 aliphatic rings. The summed E-state index contributed by atoms with van der Waals surface area (Å²) in [5.41, 5.74) is 2.36. The first-order chi connectivity index (χ1) is 14.4. The molecule has 2 atom stereocenters. The molecule has 2 heterocycles. The molecular formula is C25H35N3O2. The second kappa shape index (κ2) is 11.4. The van der Waals surface area contributed by atoms with Gasteiger partial charge in [-0.25, -0.2) is 0 Å². The van der Waals surface area contributed by atoms with E-state index in [0.29, 0.717) is 29.2 Å². The third kappa shape index (κ3) is 6.38. The summed E-state index contributed by atoms with van der Waals surface area (Å²) in [7, 11) is 0. The van der Waals surface area contributed by atoms with Crippen molar-refractivity contribution in [1.82, 2.24) is 14.9 Å². The fraction of sp³-hybridized carbons (Fsp3) is 0.520. The number of hydrogen-bond donors (Lipinski definition) is 1. The van der Waals surface area contributed by atoms with Crippen molar-refractivity contribution in [2.75, 3.05) is 0 Å². The summed E-state index contributed by atoms with van der Waals surface area (Å²) >= 11 is 0. The molecule has 2 rings (SSSR count). The molecule has 162 valence electrons. The first kappa shape index (κ1) is 23.5. The maximum absolute atomic E-state index is 12.8. The van der Waals surface area contributed by atoms with Gasteiger partial charge in [-0.05, 0) is 62.3 Å². The van der Waals surface area contributed by atoms with Crippen LogP contribution in [0.2, 0.25) is 0 Å². The zero-order valence-corrected chi connectivity index (χ0v) is 19.2. The number of rotatable bonds is 11. The molecule has 0 radical (unpaired) electrons. The molecule has 0 aliphatic carbocycles. The molecule has 0 aromatic carbocycles. The van der Waals surface area contributed by atoms with Crippen molar-refractivity contribution in [2.24, 2.45) is 5.92 Å². The van der Waals surface area contributed by atoms with Crippen molar-refractivity contribution < 1.29 is 9.53 Å². The minimum absolute atomic E-state index is 0.207. The summed E-state index contributed by atoms with van der Waals surface area (Å²) < 4.78 is 8.15. The standard InChI is InChI=1S/C25H35N3O2/c1-7-10-21(15-18(4)8-2)28-14-12-22(17-28)30-25(19(5)9-3)27-24(29)23-11-13-26-16-20(23)6/h11,13,16-18,21H,7-10,15H2,1-6H3,(H,27,29)/b25-19-. The average molecular weight is 410 g/mol. The molecule has 2 unspecified atom stereocenters. The lowest BCUT2D eigenvalue weighted by atomic mass is 9.96. The van der Waals surface area contributed by atoms with Gasteiger partial charge in [-0.2, -0.15) is 0 Å². The van der Waals surface area contributed by atoms with E-state index in [1.54, 1.807) is 18.5 Å². The van der Waals surface area contributed by atoms with Gasteiger partial charge in [0.05, 0.1) is 6.20 Å². The summed E-state index contributed by atoms with van der Waals surface area (Å²) in [5.74, 6) is 1.47. The van der Waals surface area contributed by atoms with Crippen molar-refractivity contribution in [3.05, 3.63) is 59.5 Å². The molecule has 1 N–H and O–H groups in total. The van der Waals surface area contributed by atoms with E-state index >= 15 is 0 Å². The van der Waals surface area contributed by atoms with Crippen LogP contribution in [0.15, 0.2) is 36.1 Å². The van der Waals surface area contributed by atoms with Crippen LogP contribution in [0.1, 0.15) is 88.7 Å². The molecule has 0 saturated heterocycles. The molecule has 1 amide bonds. The normalized spacial score (nSPS) is 13.8. The Morgan fingerprint density at radius 2 is 2.10 bits per heavy atom. The summed E-state index contributed by atoms with van der Waals surface area (Å²) in [4.78, 5) is 16.8. The third-order valence-corrected chi connectivity index (χ3v) is 5.57. The van der Waals surface area contributed by atoms with E-state index < -0.39 is 0 Å². The molecular weight excluding hydrogens is 374 g/mol. The zero-order valence-electron chi connectivity index (χ0n) is 19.2. The fourth-order valence-electron chi connectivity index (χ4n) is 3.28. The average Bonchev–Trinajstić information content (AvgIpc) is 3.20. The molecule has 0 bridgehead atoms. The predicted octanol–water partition coefficient (Wildman–Crippen LogP) is 6.02. The topological polar surface area (TPSA) is 56.1 Å². The molecule has 5 heteroatoms. The largest absolute Gasteiger partial charge is 0.430 e. The second-order valence-electron chi connectivity index (χ2n) is 8.04. The van der Waals surface area contributed by atoms with Gasteiger partial charge in [0.15, 0.2) is 11.6 Å². The Bertz CT molecular complexity index is 854. The van der Waals surface area contributed by atoms with Gasteiger partial charge >= 0.3 is 0 Å². The molecule has 0 spiro atoms. The number of allylic oxidation sites excluding steroid dienone is 1. The number of nitrogens with zero attached hydrogens (tertiary/aromatic N) is 2. The smallest absolute Gasteiger partial charge is 0.258 e. The van der Waals surface area contributed by atoms with Crippen LogP contribution in [0.3, 0.4) is 0 Å².